The van der Waals surface area contributed by atoms with Crippen LogP contribution in [0.5, 0.6) is 5.75 Å². The van der Waals surface area contributed by atoms with Crippen molar-refractivity contribution < 1.29 is 19.5 Å². The van der Waals surface area contributed by atoms with E-state index in [0.29, 0.717) is 30.2 Å². The van der Waals surface area contributed by atoms with E-state index < -0.39 is 6.10 Å². The molecule has 0 spiro atoms. The molecule has 23 heavy (non-hydrogen) atoms. The number of rotatable bonds is 10. The normalized spacial score (nSPS) is 13.4. The van der Waals surface area contributed by atoms with Crippen LogP contribution in [0.4, 0.5) is 0 Å². The summed E-state index contributed by atoms with van der Waals surface area (Å²) in [6.45, 7) is 8.20. The summed E-state index contributed by atoms with van der Waals surface area (Å²) in [7, 11) is 0. The number of carbonyl (C=O) groups excluding carboxylic acids is 1. The molecule has 1 aromatic rings. The quantitative estimate of drug-likeness (QED) is 0.633. The first kappa shape index (κ1) is 19.1. The molecular weight excluding hydrogens is 292 g/mol. The number of nitriles is 1. The van der Waals surface area contributed by atoms with Crippen LogP contribution in [0.15, 0.2) is 24.3 Å². The molecule has 0 aliphatic rings. The number of nitrogens with one attached hydrogen (secondary N) is 1. The molecule has 0 fully saturated rings. The van der Waals surface area contributed by atoms with Crippen molar-refractivity contribution in [2.75, 3.05) is 26.2 Å². The number of benzene rings is 1. The van der Waals surface area contributed by atoms with Crippen LogP contribution in [-0.4, -0.2) is 43.2 Å². The van der Waals surface area contributed by atoms with Crippen LogP contribution in [0.2, 0.25) is 0 Å². The van der Waals surface area contributed by atoms with E-state index in [1.165, 1.54) is 11.8 Å². The second kappa shape index (κ2) is 9.98. The second-order valence-electron chi connectivity index (χ2n) is 6.26. The third kappa shape index (κ3) is 7.78. The van der Waals surface area contributed by atoms with Crippen molar-refractivity contribution in [3.63, 3.8) is 0 Å². The Labute approximate surface area is 138 Å². The van der Waals surface area contributed by atoms with E-state index in [9.17, 15) is 9.90 Å². The highest BCUT2D eigenvalue weighted by Gasteiger charge is 2.17. The predicted molar refractivity (Wildman–Crippen MR) is 88.6 cm³/mol. The summed E-state index contributed by atoms with van der Waals surface area (Å²) in [5.41, 5.74) is 0.641. The lowest BCUT2D eigenvalue weighted by Gasteiger charge is -2.23. The van der Waals surface area contributed by atoms with E-state index in [1.807, 2.05) is 0 Å². The zero-order chi connectivity index (χ0) is 17.2. The molecule has 0 aliphatic carbocycles. The molecule has 0 aromatic heterocycles. The third-order valence-electron chi connectivity index (χ3n) is 3.51. The predicted octanol–water partition coefficient (Wildman–Crippen LogP) is 1.08. The van der Waals surface area contributed by atoms with Gasteiger partial charge in [-0.2, -0.15) is 5.26 Å². The lowest BCUT2D eigenvalue weighted by molar-refractivity contribution is -0.905. The monoisotopic (exact) mass is 319 g/mol. The number of nitrogens with zero attached hydrogens (tertiary/aromatic N) is 1. The summed E-state index contributed by atoms with van der Waals surface area (Å²) < 4.78 is 5.57. The van der Waals surface area contributed by atoms with Crippen molar-refractivity contribution in [1.82, 2.24) is 0 Å². The first-order valence-corrected chi connectivity index (χ1v) is 8.04. The summed E-state index contributed by atoms with van der Waals surface area (Å²) in [6.07, 6.45) is -0.0998. The number of aliphatic hydroxyl groups excluding tert-OH is 1. The molecule has 0 bridgehead atoms. The van der Waals surface area contributed by atoms with Crippen molar-refractivity contribution in [2.45, 2.75) is 33.3 Å². The molecular formula is C18H27N2O3+. The van der Waals surface area contributed by atoms with Gasteiger partial charge in [0, 0.05) is 11.5 Å². The zero-order valence-corrected chi connectivity index (χ0v) is 14.2. The van der Waals surface area contributed by atoms with Gasteiger partial charge in [-0.25, -0.2) is 0 Å². The van der Waals surface area contributed by atoms with Crippen molar-refractivity contribution in [3.05, 3.63) is 29.8 Å². The van der Waals surface area contributed by atoms with Crippen LogP contribution in [0.3, 0.4) is 0 Å². The first-order valence-electron chi connectivity index (χ1n) is 8.04. The molecule has 0 aliphatic heterocycles. The smallest absolute Gasteiger partial charge is 0.159 e. The van der Waals surface area contributed by atoms with Gasteiger partial charge in [0.05, 0.1) is 25.6 Å². The minimum Gasteiger partial charge on any atom is -0.491 e. The fourth-order valence-corrected chi connectivity index (χ4v) is 2.47. The Kier molecular flexibility index (Phi) is 8.31. The molecule has 0 heterocycles. The van der Waals surface area contributed by atoms with Crippen molar-refractivity contribution in [2.24, 2.45) is 5.92 Å². The number of aliphatic hydroxyl groups is 1. The van der Waals surface area contributed by atoms with Gasteiger partial charge in [0.1, 0.15) is 25.0 Å². The number of ether oxygens (including phenoxy) is 1. The van der Waals surface area contributed by atoms with Gasteiger partial charge >= 0.3 is 0 Å². The second-order valence-corrected chi connectivity index (χ2v) is 6.26. The summed E-state index contributed by atoms with van der Waals surface area (Å²) in [4.78, 5) is 12.4. The fraction of sp³-hybridized carbons (Fsp3) is 0.556. The number of hydrogen-bond acceptors (Lipinski definition) is 4. The molecule has 5 nitrogen and oxygen atoms in total. The van der Waals surface area contributed by atoms with Crippen molar-refractivity contribution in [3.8, 4) is 11.8 Å². The van der Waals surface area contributed by atoms with Gasteiger partial charge in [-0.1, -0.05) is 13.8 Å². The van der Waals surface area contributed by atoms with Gasteiger partial charge in [-0.05, 0) is 31.2 Å². The topological polar surface area (TPSA) is 74.8 Å². The summed E-state index contributed by atoms with van der Waals surface area (Å²) in [5.74, 6) is 1.16. The van der Waals surface area contributed by atoms with Crippen LogP contribution in [0.1, 0.15) is 37.6 Å². The Hall–Kier alpha value is -1.90. The fourth-order valence-electron chi connectivity index (χ4n) is 2.47. The van der Waals surface area contributed by atoms with Gasteiger partial charge in [-0.3, -0.25) is 4.79 Å². The van der Waals surface area contributed by atoms with E-state index >= 15 is 0 Å². The van der Waals surface area contributed by atoms with Crippen LogP contribution in [0, 0.1) is 17.2 Å². The summed E-state index contributed by atoms with van der Waals surface area (Å²) >= 11 is 0. The number of quaternary nitrogens is 1. The van der Waals surface area contributed by atoms with E-state index in [2.05, 4.69) is 19.9 Å². The zero-order valence-electron chi connectivity index (χ0n) is 14.2. The molecule has 2 atom stereocenters. The number of ketones is 1. The lowest BCUT2D eigenvalue weighted by Crippen LogP contribution is -3.13. The molecule has 1 unspecified atom stereocenters. The van der Waals surface area contributed by atoms with Gasteiger partial charge < -0.3 is 14.7 Å². The number of hydrogen-bond donors (Lipinski definition) is 2. The van der Waals surface area contributed by atoms with Crippen LogP contribution in [-0.2, 0) is 0 Å². The van der Waals surface area contributed by atoms with Gasteiger partial charge in [0.2, 0.25) is 0 Å². The third-order valence-corrected chi connectivity index (χ3v) is 3.51. The Bertz CT molecular complexity index is 520. The lowest BCUT2D eigenvalue weighted by atomic mass is 10.1. The molecule has 0 radical (unpaired) electrons. The molecule has 1 rings (SSSR count). The van der Waals surface area contributed by atoms with Crippen molar-refractivity contribution >= 4 is 5.78 Å². The van der Waals surface area contributed by atoms with Crippen molar-refractivity contribution in [1.29, 1.82) is 5.26 Å². The van der Waals surface area contributed by atoms with Crippen LogP contribution >= 0.6 is 0 Å². The van der Waals surface area contributed by atoms with Gasteiger partial charge in [0.15, 0.2) is 5.78 Å². The molecule has 0 saturated carbocycles. The van der Waals surface area contributed by atoms with E-state index in [-0.39, 0.29) is 12.4 Å². The molecule has 126 valence electrons. The highest BCUT2D eigenvalue weighted by atomic mass is 16.5. The molecule has 2 N–H and O–H groups in total. The minimum atomic E-state index is -0.588. The minimum absolute atomic E-state index is 0.0157. The Balaban J connectivity index is 2.45. The van der Waals surface area contributed by atoms with E-state index in [4.69, 9.17) is 10.00 Å². The maximum atomic E-state index is 11.2. The maximum Gasteiger partial charge on any atom is 0.159 e. The van der Waals surface area contributed by atoms with Crippen LogP contribution in [0.25, 0.3) is 0 Å². The molecule has 1 aromatic carbocycles. The van der Waals surface area contributed by atoms with Crippen LogP contribution < -0.4 is 9.64 Å². The number of carbonyl (C=O) groups is 1. The summed E-state index contributed by atoms with van der Waals surface area (Å²) in [6, 6.07) is 9.05. The number of Topliss-reactive ketones (excluding diaryl/α,β-unsaturated/α-hetero) is 1. The summed E-state index contributed by atoms with van der Waals surface area (Å²) in [5, 5.41) is 18.9. The maximum absolute atomic E-state index is 11.2. The standard InChI is InChI=1S/C18H26N2O3/c1-14(2)11-20(10-4-9-19)12-17(22)13-23-18-7-5-16(6-8-18)15(3)21/h5-8,14,17,22H,4,10-13H2,1-3H3/p+1/t17-/m1/s1. The largest absolute Gasteiger partial charge is 0.491 e. The van der Waals surface area contributed by atoms with E-state index in [0.717, 1.165) is 13.1 Å². The highest BCUT2D eigenvalue weighted by Crippen LogP contribution is 2.12. The molecule has 0 amide bonds. The Morgan fingerprint density at radius 3 is 2.48 bits per heavy atom. The van der Waals surface area contributed by atoms with Gasteiger partial charge in [0.25, 0.3) is 0 Å². The molecule has 5 heteroatoms. The average Bonchev–Trinajstić information content (AvgIpc) is 2.50. The van der Waals surface area contributed by atoms with Gasteiger partial charge in [-0.15, -0.1) is 0 Å². The SMILES string of the molecule is CC(=O)c1ccc(OC[C@H](O)C[NH+](CCC#N)CC(C)C)cc1. The Morgan fingerprint density at radius 1 is 1.30 bits per heavy atom. The highest BCUT2D eigenvalue weighted by molar-refractivity contribution is 5.94. The van der Waals surface area contributed by atoms with E-state index in [1.54, 1.807) is 24.3 Å². The molecule has 0 saturated heterocycles. The first-order chi connectivity index (χ1) is 10.9. The average molecular weight is 319 g/mol. The Morgan fingerprint density at radius 2 is 1.96 bits per heavy atom.